The molecule has 0 bridgehead atoms. The highest BCUT2D eigenvalue weighted by Crippen LogP contribution is 2.56. The summed E-state index contributed by atoms with van der Waals surface area (Å²) in [5.41, 5.74) is 0.144. The van der Waals surface area contributed by atoms with Crippen molar-refractivity contribution in [2.24, 2.45) is 0 Å². The number of benzene rings is 1. The van der Waals surface area contributed by atoms with E-state index in [4.69, 9.17) is 9.63 Å². The second kappa shape index (κ2) is 6.73. The highest BCUT2D eigenvalue weighted by Gasteiger charge is 2.32. The summed E-state index contributed by atoms with van der Waals surface area (Å²) in [5, 5.41) is 8.88. The molecule has 0 spiro atoms. The van der Waals surface area contributed by atoms with Crippen LogP contribution in [0.3, 0.4) is 0 Å². The van der Waals surface area contributed by atoms with Gasteiger partial charge in [-0.3, -0.25) is 9.78 Å². The predicted octanol–water partition coefficient (Wildman–Crippen LogP) is 3.03. The number of carboxylic acids is 1. The number of aliphatic carboxylic acids is 1. The van der Waals surface area contributed by atoms with Crippen LogP contribution >= 0.6 is 7.60 Å². The molecule has 0 aliphatic rings. The SMILES string of the molecule is CC(c1cccnc1)P(=O)(O)Oc1ccccc1CC(=O)O. The van der Waals surface area contributed by atoms with Gasteiger partial charge in [-0.05, 0) is 24.6 Å². The molecule has 2 N–H and O–H groups in total. The van der Waals surface area contributed by atoms with E-state index in [1.54, 1.807) is 43.5 Å². The molecule has 2 unspecified atom stereocenters. The fourth-order valence-electron chi connectivity index (χ4n) is 1.93. The van der Waals surface area contributed by atoms with E-state index in [0.29, 0.717) is 11.1 Å². The first kappa shape index (κ1) is 16.2. The van der Waals surface area contributed by atoms with Gasteiger partial charge >= 0.3 is 13.6 Å². The average molecular weight is 321 g/mol. The molecule has 0 aliphatic carbocycles. The zero-order chi connectivity index (χ0) is 16.2. The lowest BCUT2D eigenvalue weighted by Crippen LogP contribution is -2.06. The second-order valence-electron chi connectivity index (χ2n) is 4.80. The van der Waals surface area contributed by atoms with Gasteiger partial charge in [0.25, 0.3) is 0 Å². The third-order valence-corrected chi connectivity index (χ3v) is 4.93. The summed E-state index contributed by atoms with van der Waals surface area (Å²) >= 11 is 0. The van der Waals surface area contributed by atoms with E-state index in [1.165, 1.54) is 12.3 Å². The molecule has 2 rings (SSSR count). The Balaban J connectivity index is 2.25. The zero-order valence-electron chi connectivity index (χ0n) is 11.9. The third-order valence-electron chi connectivity index (χ3n) is 3.20. The molecule has 2 atom stereocenters. The van der Waals surface area contributed by atoms with Crippen molar-refractivity contribution < 1.29 is 23.9 Å². The second-order valence-corrected chi connectivity index (χ2v) is 6.88. The van der Waals surface area contributed by atoms with Crippen LogP contribution < -0.4 is 4.52 Å². The van der Waals surface area contributed by atoms with Crippen LogP contribution in [0.2, 0.25) is 0 Å². The van der Waals surface area contributed by atoms with E-state index in [-0.39, 0.29) is 12.2 Å². The van der Waals surface area contributed by atoms with Crippen molar-refractivity contribution in [3.8, 4) is 5.75 Å². The Labute approximate surface area is 127 Å². The molecule has 0 saturated carbocycles. The molecule has 7 heteroatoms. The summed E-state index contributed by atoms with van der Waals surface area (Å²) in [6.45, 7) is 1.57. The molecule has 1 aromatic heterocycles. The third kappa shape index (κ3) is 3.93. The number of hydrogen-bond donors (Lipinski definition) is 2. The van der Waals surface area contributed by atoms with Crippen molar-refractivity contribution in [1.82, 2.24) is 4.98 Å². The van der Waals surface area contributed by atoms with Gasteiger partial charge in [0.1, 0.15) is 5.75 Å². The van der Waals surface area contributed by atoms with E-state index in [0.717, 1.165) is 0 Å². The highest BCUT2D eigenvalue weighted by molar-refractivity contribution is 7.53. The molecule has 0 aliphatic heterocycles. The Kier molecular flexibility index (Phi) is 4.96. The topological polar surface area (TPSA) is 96.7 Å². The van der Waals surface area contributed by atoms with Gasteiger partial charge in [-0.15, -0.1) is 0 Å². The molecule has 0 radical (unpaired) electrons. The lowest BCUT2D eigenvalue weighted by molar-refractivity contribution is -0.136. The molecule has 116 valence electrons. The van der Waals surface area contributed by atoms with Gasteiger partial charge in [0.2, 0.25) is 0 Å². The average Bonchev–Trinajstić information content (AvgIpc) is 2.48. The van der Waals surface area contributed by atoms with Gasteiger partial charge in [-0.25, -0.2) is 4.57 Å². The fourth-order valence-corrected chi connectivity index (χ4v) is 3.08. The monoisotopic (exact) mass is 321 g/mol. The van der Waals surface area contributed by atoms with Gasteiger partial charge < -0.3 is 14.5 Å². The van der Waals surface area contributed by atoms with Crippen LogP contribution in [-0.4, -0.2) is 21.0 Å². The molecule has 0 saturated heterocycles. The summed E-state index contributed by atoms with van der Waals surface area (Å²) in [6.07, 6.45) is 2.79. The maximum absolute atomic E-state index is 12.5. The van der Waals surface area contributed by atoms with Crippen molar-refractivity contribution >= 4 is 13.6 Å². The van der Waals surface area contributed by atoms with Gasteiger partial charge in [0.05, 0.1) is 12.1 Å². The number of rotatable bonds is 6. The number of carbonyl (C=O) groups is 1. The van der Waals surface area contributed by atoms with Crippen molar-refractivity contribution in [2.75, 3.05) is 0 Å². The van der Waals surface area contributed by atoms with Gasteiger partial charge in [0, 0.05) is 18.0 Å². The van der Waals surface area contributed by atoms with E-state index in [9.17, 15) is 14.3 Å². The Hall–Kier alpha value is -2.17. The standard InChI is InChI=1S/C15H16NO5P/c1-11(13-6-4-8-16-10-13)22(19,20)21-14-7-3-2-5-12(14)9-15(17)18/h2-8,10-11H,9H2,1H3,(H,17,18)(H,19,20). The van der Waals surface area contributed by atoms with Crippen LogP contribution in [0.5, 0.6) is 5.75 Å². The van der Waals surface area contributed by atoms with Gasteiger partial charge in [-0.2, -0.15) is 0 Å². The number of nitrogens with zero attached hydrogens (tertiary/aromatic N) is 1. The number of hydrogen-bond acceptors (Lipinski definition) is 4. The highest BCUT2D eigenvalue weighted by atomic mass is 31.2. The predicted molar refractivity (Wildman–Crippen MR) is 80.9 cm³/mol. The number of carboxylic acid groups (broad SMARTS) is 1. The first-order valence-electron chi connectivity index (χ1n) is 6.62. The summed E-state index contributed by atoms with van der Waals surface area (Å²) in [6, 6.07) is 9.67. The largest absolute Gasteiger partial charge is 0.481 e. The van der Waals surface area contributed by atoms with E-state index < -0.39 is 19.2 Å². The number of para-hydroxylation sites is 1. The molecule has 1 aromatic carbocycles. The summed E-state index contributed by atoms with van der Waals surface area (Å²) < 4.78 is 17.7. The van der Waals surface area contributed by atoms with Gasteiger partial charge in [0.15, 0.2) is 0 Å². The number of pyridine rings is 1. The quantitative estimate of drug-likeness (QED) is 0.794. The summed E-state index contributed by atoms with van der Waals surface area (Å²) in [5.74, 6) is -0.935. The number of aromatic nitrogens is 1. The molecule has 0 fully saturated rings. The van der Waals surface area contributed by atoms with Crippen LogP contribution in [0, 0.1) is 0 Å². The van der Waals surface area contributed by atoms with Crippen LogP contribution in [0.25, 0.3) is 0 Å². The molecule has 1 heterocycles. The summed E-state index contributed by atoms with van der Waals surface area (Å²) in [4.78, 5) is 25.0. The first-order chi connectivity index (χ1) is 10.4. The Morgan fingerprint density at radius 1 is 1.32 bits per heavy atom. The maximum Gasteiger partial charge on any atom is 0.383 e. The summed E-state index contributed by atoms with van der Waals surface area (Å²) in [7, 11) is -4.03. The Morgan fingerprint density at radius 3 is 2.68 bits per heavy atom. The van der Waals surface area contributed by atoms with E-state index in [1.807, 2.05) is 0 Å². The lowest BCUT2D eigenvalue weighted by Gasteiger charge is -2.21. The van der Waals surface area contributed by atoms with Crippen LogP contribution in [-0.2, 0) is 15.8 Å². The van der Waals surface area contributed by atoms with Crippen molar-refractivity contribution in [3.63, 3.8) is 0 Å². The first-order valence-corrected chi connectivity index (χ1v) is 8.26. The molecule has 22 heavy (non-hydrogen) atoms. The Morgan fingerprint density at radius 2 is 2.05 bits per heavy atom. The normalized spacial score (nSPS) is 14.8. The fraction of sp³-hybridized carbons (Fsp3) is 0.200. The van der Waals surface area contributed by atoms with E-state index >= 15 is 0 Å². The molecule has 0 amide bonds. The minimum Gasteiger partial charge on any atom is -0.481 e. The maximum atomic E-state index is 12.5. The molecular formula is C15H16NO5P. The zero-order valence-corrected chi connectivity index (χ0v) is 12.8. The van der Waals surface area contributed by atoms with Crippen LogP contribution in [0.4, 0.5) is 0 Å². The van der Waals surface area contributed by atoms with Crippen molar-refractivity contribution in [1.29, 1.82) is 0 Å². The van der Waals surface area contributed by atoms with Crippen molar-refractivity contribution in [3.05, 3.63) is 59.9 Å². The minimum atomic E-state index is -4.03. The molecular weight excluding hydrogens is 305 g/mol. The van der Waals surface area contributed by atoms with E-state index in [2.05, 4.69) is 4.98 Å². The van der Waals surface area contributed by atoms with Crippen LogP contribution in [0.15, 0.2) is 48.8 Å². The molecule has 6 nitrogen and oxygen atoms in total. The van der Waals surface area contributed by atoms with Crippen molar-refractivity contribution in [2.45, 2.75) is 19.0 Å². The van der Waals surface area contributed by atoms with Crippen LogP contribution in [0.1, 0.15) is 23.7 Å². The smallest absolute Gasteiger partial charge is 0.383 e. The Bertz CT molecular complexity index is 704. The van der Waals surface area contributed by atoms with Gasteiger partial charge in [-0.1, -0.05) is 24.3 Å². The minimum absolute atomic E-state index is 0.103. The molecule has 2 aromatic rings. The lowest BCUT2D eigenvalue weighted by atomic mass is 10.1.